The second-order valence-electron chi connectivity index (χ2n) is 6.80. The monoisotopic (exact) mass is 279 g/mol. The van der Waals surface area contributed by atoms with E-state index in [0.29, 0.717) is 11.9 Å². The number of amides is 1. The zero-order valence-electron chi connectivity index (χ0n) is 12.9. The summed E-state index contributed by atoms with van der Waals surface area (Å²) in [7, 11) is 0. The third-order valence-corrected chi connectivity index (χ3v) is 5.42. The van der Waals surface area contributed by atoms with Crippen LogP contribution in [0.3, 0.4) is 0 Å². The summed E-state index contributed by atoms with van der Waals surface area (Å²) in [6.45, 7) is 7.55. The van der Waals surface area contributed by atoms with Crippen molar-refractivity contribution < 1.29 is 4.79 Å². The van der Waals surface area contributed by atoms with Gasteiger partial charge >= 0.3 is 0 Å². The highest BCUT2D eigenvalue weighted by Gasteiger charge is 2.43. The van der Waals surface area contributed by atoms with E-state index >= 15 is 0 Å². The van der Waals surface area contributed by atoms with E-state index in [1.807, 2.05) is 0 Å². The summed E-state index contributed by atoms with van der Waals surface area (Å²) in [5.74, 6) is 0.394. The number of carbonyl (C=O) groups is 1. The molecule has 4 heteroatoms. The van der Waals surface area contributed by atoms with E-state index in [-0.39, 0.29) is 5.54 Å². The van der Waals surface area contributed by atoms with Gasteiger partial charge in [-0.2, -0.15) is 0 Å². The summed E-state index contributed by atoms with van der Waals surface area (Å²) in [6.07, 6.45) is 7.99. The molecule has 0 radical (unpaired) electrons. The van der Waals surface area contributed by atoms with E-state index in [1.165, 1.54) is 25.9 Å². The fourth-order valence-electron chi connectivity index (χ4n) is 4.43. The van der Waals surface area contributed by atoms with Crippen molar-refractivity contribution in [1.82, 2.24) is 15.1 Å². The van der Waals surface area contributed by atoms with Gasteiger partial charge in [0.2, 0.25) is 5.91 Å². The van der Waals surface area contributed by atoms with E-state index in [2.05, 4.69) is 22.0 Å². The second kappa shape index (κ2) is 6.02. The molecule has 2 unspecified atom stereocenters. The van der Waals surface area contributed by atoms with E-state index in [9.17, 15) is 4.79 Å². The molecule has 3 aliphatic rings. The van der Waals surface area contributed by atoms with Crippen molar-refractivity contribution >= 4 is 5.91 Å². The molecule has 0 aromatic carbocycles. The fourth-order valence-corrected chi connectivity index (χ4v) is 4.43. The van der Waals surface area contributed by atoms with Crippen molar-refractivity contribution in [3.63, 3.8) is 0 Å². The van der Waals surface area contributed by atoms with Crippen LogP contribution in [0, 0.1) is 0 Å². The minimum absolute atomic E-state index is 0.234. The molecule has 1 N–H and O–H groups in total. The lowest BCUT2D eigenvalue weighted by atomic mass is 9.90. The maximum Gasteiger partial charge on any atom is 0.242 e. The van der Waals surface area contributed by atoms with Crippen molar-refractivity contribution in [3.05, 3.63) is 0 Å². The lowest BCUT2D eigenvalue weighted by molar-refractivity contribution is -0.138. The smallest absolute Gasteiger partial charge is 0.242 e. The average molecular weight is 279 g/mol. The molecule has 3 fully saturated rings. The fraction of sp³-hybridized carbons (Fsp3) is 0.938. The Morgan fingerprint density at radius 3 is 2.85 bits per heavy atom. The maximum absolute atomic E-state index is 13.1. The summed E-state index contributed by atoms with van der Waals surface area (Å²) in [4.78, 5) is 17.9. The highest BCUT2D eigenvalue weighted by molar-refractivity contribution is 5.86. The van der Waals surface area contributed by atoms with Crippen LogP contribution in [0.1, 0.15) is 51.9 Å². The highest BCUT2D eigenvalue weighted by Crippen LogP contribution is 2.29. The lowest BCUT2D eigenvalue weighted by Gasteiger charge is -2.35. The Morgan fingerprint density at radius 2 is 2.10 bits per heavy atom. The van der Waals surface area contributed by atoms with Crippen LogP contribution in [-0.2, 0) is 4.79 Å². The van der Waals surface area contributed by atoms with Gasteiger partial charge in [0.05, 0.1) is 5.54 Å². The summed E-state index contributed by atoms with van der Waals surface area (Å²) < 4.78 is 0. The van der Waals surface area contributed by atoms with Gasteiger partial charge in [0.25, 0.3) is 0 Å². The molecule has 0 saturated carbocycles. The Bertz CT molecular complexity index is 352. The summed E-state index contributed by atoms with van der Waals surface area (Å²) >= 11 is 0. The largest absolute Gasteiger partial charge is 0.339 e. The molecule has 114 valence electrons. The quantitative estimate of drug-likeness (QED) is 0.852. The zero-order chi connectivity index (χ0) is 14.0. The molecular formula is C16H29N3O. The van der Waals surface area contributed by atoms with E-state index in [4.69, 9.17) is 0 Å². The van der Waals surface area contributed by atoms with Gasteiger partial charge in [0.15, 0.2) is 0 Å². The molecule has 0 aromatic heterocycles. The van der Waals surface area contributed by atoms with Gasteiger partial charge in [0.1, 0.15) is 0 Å². The Labute approximate surface area is 122 Å². The van der Waals surface area contributed by atoms with Crippen molar-refractivity contribution in [1.29, 1.82) is 0 Å². The number of nitrogens with one attached hydrogen (secondary N) is 1. The van der Waals surface area contributed by atoms with E-state index in [0.717, 1.165) is 51.7 Å². The molecule has 3 rings (SSSR count). The van der Waals surface area contributed by atoms with Gasteiger partial charge in [-0.05, 0) is 51.6 Å². The van der Waals surface area contributed by atoms with Crippen LogP contribution in [-0.4, -0.2) is 60.0 Å². The van der Waals surface area contributed by atoms with Crippen molar-refractivity contribution in [2.24, 2.45) is 0 Å². The van der Waals surface area contributed by atoms with Crippen LogP contribution >= 0.6 is 0 Å². The molecule has 2 atom stereocenters. The number of nitrogens with zero attached hydrogens (tertiary/aromatic N) is 2. The third kappa shape index (κ3) is 2.60. The third-order valence-electron chi connectivity index (χ3n) is 5.42. The van der Waals surface area contributed by atoms with Gasteiger partial charge < -0.3 is 10.2 Å². The molecule has 1 amide bonds. The average Bonchev–Trinajstić information content (AvgIpc) is 3.05. The van der Waals surface area contributed by atoms with Gasteiger partial charge in [0, 0.05) is 25.7 Å². The van der Waals surface area contributed by atoms with Crippen LogP contribution in [0.2, 0.25) is 0 Å². The number of hydrogen-bond donors (Lipinski definition) is 1. The van der Waals surface area contributed by atoms with Crippen molar-refractivity contribution in [2.75, 3.05) is 32.7 Å². The highest BCUT2D eigenvalue weighted by atomic mass is 16.2. The van der Waals surface area contributed by atoms with Gasteiger partial charge in [-0.15, -0.1) is 0 Å². The Kier molecular flexibility index (Phi) is 4.32. The number of carbonyl (C=O) groups excluding carboxylic acids is 1. The van der Waals surface area contributed by atoms with Crippen LogP contribution in [0.25, 0.3) is 0 Å². The van der Waals surface area contributed by atoms with E-state index < -0.39 is 0 Å². The first-order chi connectivity index (χ1) is 9.75. The van der Waals surface area contributed by atoms with Crippen LogP contribution in [0.15, 0.2) is 0 Å². The van der Waals surface area contributed by atoms with Gasteiger partial charge in [-0.3, -0.25) is 9.69 Å². The van der Waals surface area contributed by atoms with Crippen LogP contribution in [0.4, 0.5) is 0 Å². The normalized spacial score (nSPS) is 35.0. The van der Waals surface area contributed by atoms with Crippen molar-refractivity contribution in [3.8, 4) is 0 Å². The molecule has 3 aliphatic heterocycles. The van der Waals surface area contributed by atoms with Crippen LogP contribution in [0.5, 0.6) is 0 Å². The second-order valence-corrected chi connectivity index (χ2v) is 6.80. The summed E-state index contributed by atoms with van der Waals surface area (Å²) in [5.41, 5.74) is -0.234. The van der Waals surface area contributed by atoms with Gasteiger partial charge in [-0.1, -0.05) is 13.3 Å². The molecule has 0 spiro atoms. The lowest BCUT2D eigenvalue weighted by Crippen LogP contribution is -2.56. The minimum atomic E-state index is -0.234. The molecule has 0 aromatic rings. The summed E-state index contributed by atoms with van der Waals surface area (Å²) in [5, 5.41) is 3.54. The number of fused-ring (bicyclic) bond motifs is 1. The first-order valence-corrected chi connectivity index (χ1v) is 8.54. The number of rotatable bonds is 3. The Balaban J connectivity index is 1.71. The zero-order valence-corrected chi connectivity index (χ0v) is 12.9. The summed E-state index contributed by atoms with van der Waals surface area (Å²) in [6, 6.07) is 0.626. The Morgan fingerprint density at radius 1 is 1.25 bits per heavy atom. The Hall–Kier alpha value is -0.610. The SMILES string of the molecule is CCCC1(C(=O)N2CCCN3CCCC3C2)CCCN1. The topological polar surface area (TPSA) is 35.6 Å². The molecule has 4 nitrogen and oxygen atoms in total. The predicted molar refractivity (Wildman–Crippen MR) is 80.7 cm³/mol. The molecule has 3 saturated heterocycles. The minimum Gasteiger partial charge on any atom is -0.339 e. The van der Waals surface area contributed by atoms with Crippen molar-refractivity contribution in [2.45, 2.75) is 63.5 Å². The molecule has 0 aliphatic carbocycles. The first kappa shape index (κ1) is 14.3. The standard InChI is InChI=1S/C16H29N3O/c1-2-7-16(8-4-9-17-16)15(20)19-12-5-11-18-10-3-6-14(18)13-19/h14,17H,2-13H2,1H3. The molecule has 0 bridgehead atoms. The van der Waals surface area contributed by atoms with Crippen LogP contribution < -0.4 is 5.32 Å². The molecular weight excluding hydrogens is 250 g/mol. The maximum atomic E-state index is 13.1. The van der Waals surface area contributed by atoms with E-state index in [1.54, 1.807) is 0 Å². The van der Waals surface area contributed by atoms with Gasteiger partial charge in [-0.25, -0.2) is 0 Å². The molecule has 20 heavy (non-hydrogen) atoms. The number of hydrogen-bond acceptors (Lipinski definition) is 3. The predicted octanol–water partition coefficient (Wildman–Crippen LogP) is 1.61. The first-order valence-electron chi connectivity index (χ1n) is 8.54. The molecule has 3 heterocycles.